The Kier molecular flexibility index (Phi) is 6.74. The average Bonchev–Trinajstić information content (AvgIpc) is 3.70. The third kappa shape index (κ3) is 4.78. The van der Waals surface area contributed by atoms with Gasteiger partial charge in [-0.1, -0.05) is 6.07 Å². The first-order valence-corrected chi connectivity index (χ1v) is 14.0. The van der Waals surface area contributed by atoms with Gasteiger partial charge in [-0.3, -0.25) is 9.48 Å². The Labute approximate surface area is 239 Å². The number of rotatable bonds is 4. The van der Waals surface area contributed by atoms with E-state index in [2.05, 4.69) is 15.1 Å². The van der Waals surface area contributed by atoms with Gasteiger partial charge in [0.25, 0.3) is 5.91 Å². The molecule has 2 aliphatic heterocycles. The van der Waals surface area contributed by atoms with Crippen molar-refractivity contribution >= 4 is 23.0 Å². The molecule has 3 aromatic heterocycles. The van der Waals surface area contributed by atoms with E-state index in [1.54, 1.807) is 20.0 Å². The number of aryl methyl sites for hydroxylation is 1. The van der Waals surface area contributed by atoms with Crippen LogP contribution in [0.2, 0.25) is 0 Å². The molecular formula is C30H31F3N6O3. The number of amides is 2. The standard InChI is InChI=1S/C30H31F3N6O3/c1-16(2)39-15-24(26(36-39)30(31,32)33)28(40)37-8-6-18-9-19(20-11-21-17(3)12-34-27(21)35-13-20)10-22(23(18)14-37)25-5-4-7-38(25)29(41)42/h9-13,15-16,25H,4-8,14H2,1-3H3,(H,34,35)(H,41,42)/t25-/m0/s1. The van der Waals surface area contributed by atoms with Gasteiger partial charge in [-0.05, 0) is 80.0 Å². The van der Waals surface area contributed by atoms with Crippen molar-refractivity contribution in [2.45, 2.75) is 64.8 Å². The van der Waals surface area contributed by atoms with Gasteiger partial charge < -0.3 is 19.9 Å². The largest absolute Gasteiger partial charge is 0.465 e. The maximum Gasteiger partial charge on any atom is 0.435 e. The molecule has 2 N–H and O–H groups in total. The molecule has 1 saturated heterocycles. The van der Waals surface area contributed by atoms with Crippen molar-refractivity contribution in [3.63, 3.8) is 0 Å². The molecule has 5 heterocycles. The summed E-state index contributed by atoms with van der Waals surface area (Å²) in [6.45, 7) is 6.08. The van der Waals surface area contributed by atoms with E-state index < -0.39 is 35.5 Å². The predicted octanol–water partition coefficient (Wildman–Crippen LogP) is 6.35. The van der Waals surface area contributed by atoms with Crippen molar-refractivity contribution in [2.24, 2.45) is 0 Å². The van der Waals surface area contributed by atoms with Crippen molar-refractivity contribution in [2.75, 3.05) is 13.1 Å². The highest BCUT2D eigenvalue weighted by molar-refractivity contribution is 5.95. The second-order valence-corrected chi connectivity index (χ2v) is 11.4. The highest BCUT2D eigenvalue weighted by Gasteiger charge is 2.41. The summed E-state index contributed by atoms with van der Waals surface area (Å²) in [4.78, 5) is 36.3. The third-order valence-corrected chi connectivity index (χ3v) is 8.35. The zero-order chi connectivity index (χ0) is 29.9. The highest BCUT2D eigenvalue weighted by Crippen LogP contribution is 2.40. The van der Waals surface area contributed by atoms with E-state index in [9.17, 15) is 27.9 Å². The molecule has 0 unspecified atom stereocenters. The van der Waals surface area contributed by atoms with Gasteiger partial charge >= 0.3 is 12.3 Å². The Morgan fingerprint density at radius 2 is 1.93 bits per heavy atom. The lowest BCUT2D eigenvalue weighted by molar-refractivity contribution is -0.142. The summed E-state index contributed by atoms with van der Waals surface area (Å²) >= 11 is 0. The molecular weight excluding hydrogens is 549 g/mol. The zero-order valence-corrected chi connectivity index (χ0v) is 23.5. The lowest BCUT2D eigenvalue weighted by Crippen LogP contribution is -2.38. The van der Waals surface area contributed by atoms with Gasteiger partial charge in [0, 0.05) is 55.2 Å². The number of pyridine rings is 1. The monoisotopic (exact) mass is 580 g/mol. The Hall–Kier alpha value is -4.35. The van der Waals surface area contributed by atoms with E-state index in [0.29, 0.717) is 25.8 Å². The van der Waals surface area contributed by atoms with Crippen LogP contribution in [0.3, 0.4) is 0 Å². The molecule has 0 saturated carbocycles. The number of nitrogens with one attached hydrogen (secondary N) is 1. The molecule has 4 aromatic rings. The number of aromatic nitrogens is 4. The van der Waals surface area contributed by atoms with E-state index >= 15 is 0 Å². The topological polar surface area (TPSA) is 107 Å². The van der Waals surface area contributed by atoms with Crippen molar-refractivity contribution in [3.8, 4) is 11.1 Å². The van der Waals surface area contributed by atoms with Crippen LogP contribution >= 0.6 is 0 Å². The number of H-pyrrole nitrogens is 1. The fourth-order valence-corrected chi connectivity index (χ4v) is 6.14. The fourth-order valence-electron chi connectivity index (χ4n) is 6.14. The number of benzene rings is 1. The van der Waals surface area contributed by atoms with Crippen LogP contribution in [-0.4, -0.2) is 59.7 Å². The van der Waals surface area contributed by atoms with Crippen molar-refractivity contribution < 1.29 is 27.9 Å². The van der Waals surface area contributed by atoms with Crippen LogP contribution in [0.15, 0.2) is 36.8 Å². The lowest BCUT2D eigenvalue weighted by Gasteiger charge is -2.33. The van der Waals surface area contributed by atoms with Crippen molar-refractivity contribution in [3.05, 3.63) is 70.3 Å². The number of likely N-dealkylation sites (tertiary alicyclic amines) is 1. The summed E-state index contributed by atoms with van der Waals surface area (Å²) in [7, 11) is 0. The number of aromatic amines is 1. The maximum absolute atomic E-state index is 13.9. The molecule has 1 atom stereocenters. The summed E-state index contributed by atoms with van der Waals surface area (Å²) in [5, 5.41) is 14.6. The molecule has 0 aliphatic carbocycles. The first kappa shape index (κ1) is 27.8. The van der Waals surface area contributed by atoms with E-state index in [4.69, 9.17) is 0 Å². The Morgan fingerprint density at radius 3 is 2.64 bits per heavy atom. The number of alkyl halides is 3. The normalized spacial score (nSPS) is 17.4. The molecule has 6 rings (SSSR count). The Bertz CT molecular complexity index is 1710. The molecule has 0 radical (unpaired) electrons. The second kappa shape index (κ2) is 10.2. The smallest absolute Gasteiger partial charge is 0.435 e. The van der Waals surface area contributed by atoms with Crippen LogP contribution in [-0.2, 0) is 19.1 Å². The molecule has 9 nitrogen and oxygen atoms in total. The van der Waals surface area contributed by atoms with Crippen molar-refractivity contribution in [1.82, 2.24) is 29.5 Å². The Balaban J connectivity index is 1.43. The summed E-state index contributed by atoms with van der Waals surface area (Å²) in [5.74, 6) is -0.742. The first-order chi connectivity index (χ1) is 19.9. The zero-order valence-electron chi connectivity index (χ0n) is 23.5. The fraction of sp³-hybridized carbons (Fsp3) is 0.400. The van der Waals surface area contributed by atoms with Gasteiger partial charge in [0.1, 0.15) is 5.65 Å². The number of carbonyl (C=O) groups is 2. The SMILES string of the molecule is Cc1c[nH]c2ncc(-c3cc4c(c([C@@H]5CCCN5C(=O)O)c3)CN(C(=O)c3cn(C(C)C)nc3C(F)(F)F)CC4)cc12. The summed E-state index contributed by atoms with van der Waals surface area (Å²) in [5.41, 5.74) is 4.42. The summed E-state index contributed by atoms with van der Waals surface area (Å²) < 4.78 is 42.8. The molecule has 2 aliphatic rings. The van der Waals surface area contributed by atoms with Crippen molar-refractivity contribution in [1.29, 1.82) is 0 Å². The third-order valence-electron chi connectivity index (χ3n) is 8.35. The summed E-state index contributed by atoms with van der Waals surface area (Å²) in [6.07, 6.45) is 0.757. The Morgan fingerprint density at radius 1 is 1.14 bits per heavy atom. The first-order valence-electron chi connectivity index (χ1n) is 14.0. The van der Waals surface area contributed by atoms with E-state index in [1.807, 2.05) is 31.3 Å². The lowest BCUT2D eigenvalue weighted by atomic mass is 9.86. The minimum absolute atomic E-state index is 0.0755. The number of carboxylic acid groups (broad SMARTS) is 1. The number of fused-ring (bicyclic) bond motifs is 2. The molecule has 220 valence electrons. The van der Waals surface area contributed by atoms with Gasteiger partial charge in [0.15, 0.2) is 5.69 Å². The molecule has 1 aromatic carbocycles. The average molecular weight is 581 g/mol. The van der Waals surface area contributed by atoms with E-state index in [-0.39, 0.29) is 19.1 Å². The van der Waals surface area contributed by atoms with Crippen LogP contribution < -0.4 is 0 Å². The van der Waals surface area contributed by atoms with Gasteiger partial charge in [-0.2, -0.15) is 18.3 Å². The van der Waals surface area contributed by atoms with Crippen LogP contribution in [0.1, 0.15) is 77.1 Å². The second-order valence-electron chi connectivity index (χ2n) is 11.4. The summed E-state index contributed by atoms with van der Waals surface area (Å²) in [6, 6.07) is 5.26. The quantitative estimate of drug-likeness (QED) is 0.293. The number of nitrogens with zero attached hydrogens (tertiary/aromatic N) is 5. The molecule has 0 bridgehead atoms. The van der Waals surface area contributed by atoms with E-state index in [0.717, 1.165) is 49.1 Å². The number of halogens is 3. The minimum atomic E-state index is -4.78. The van der Waals surface area contributed by atoms with Gasteiger partial charge in [0.05, 0.1) is 11.6 Å². The van der Waals surface area contributed by atoms with Gasteiger partial charge in [0.2, 0.25) is 0 Å². The number of hydrogen-bond donors (Lipinski definition) is 2. The molecule has 2 amide bonds. The van der Waals surface area contributed by atoms with Crippen LogP contribution in [0.25, 0.3) is 22.2 Å². The van der Waals surface area contributed by atoms with Crippen LogP contribution in [0.5, 0.6) is 0 Å². The maximum atomic E-state index is 13.9. The molecule has 0 spiro atoms. The van der Waals surface area contributed by atoms with E-state index in [1.165, 1.54) is 16.0 Å². The van der Waals surface area contributed by atoms with Crippen LogP contribution in [0, 0.1) is 6.92 Å². The van der Waals surface area contributed by atoms with Gasteiger partial charge in [-0.15, -0.1) is 0 Å². The van der Waals surface area contributed by atoms with Crippen LogP contribution in [0.4, 0.5) is 18.0 Å². The number of carbonyl (C=O) groups excluding carboxylic acids is 1. The van der Waals surface area contributed by atoms with Gasteiger partial charge in [-0.25, -0.2) is 9.78 Å². The molecule has 12 heteroatoms. The predicted molar refractivity (Wildman–Crippen MR) is 149 cm³/mol. The minimum Gasteiger partial charge on any atom is -0.465 e. The molecule has 1 fully saturated rings. The number of hydrogen-bond acceptors (Lipinski definition) is 4. The molecule has 42 heavy (non-hydrogen) atoms. The highest BCUT2D eigenvalue weighted by atomic mass is 19.4.